The van der Waals surface area contributed by atoms with E-state index in [0.717, 1.165) is 11.1 Å². The van der Waals surface area contributed by atoms with Crippen LogP contribution in [0.1, 0.15) is 70.8 Å². The van der Waals surface area contributed by atoms with Crippen molar-refractivity contribution < 1.29 is 39.9 Å². The lowest BCUT2D eigenvalue weighted by atomic mass is 9.71. The van der Waals surface area contributed by atoms with Gasteiger partial charge < -0.3 is 30.3 Å². The maximum Gasteiger partial charge on any atom is 0.167 e. The molecule has 8 heteroatoms. The molecule has 1 aliphatic carbocycles. The molecule has 36 heavy (non-hydrogen) atoms. The Morgan fingerprint density at radius 1 is 0.944 bits per heavy atom. The Morgan fingerprint density at radius 2 is 1.53 bits per heavy atom. The maximum absolute atomic E-state index is 12.4. The van der Waals surface area contributed by atoms with Crippen LogP contribution in [0.15, 0.2) is 52.0 Å². The standard InChI is InChI=1S/C28H36O8/c1-14(2)8-10-28(7)26(34)19(25(33)23(17(6)30)27(28)35)12-18-21(36-11-9-15(3)4)13-20(31)22(16(5)29)24(18)32/h8-9,13,25,31-35H,10-12H2,1-7H3/t25-,28+/m0/s1. The first kappa shape index (κ1) is 28.7. The first-order valence-electron chi connectivity index (χ1n) is 11.7. The number of aromatic hydroxyl groups is 2. The number of carbonyl (C=O) groups is 2. The molecule has 0 heterocycles. The second-order valence-electron chi connectivity index (χ2n) is 9.83. The average Bonchev–Trinajstić information content (AvgIpc) is 2.75. The summed E-state index contributed by atoms with van der Waals surface area (Å²) in [6.45, 7) is 11.5. The van der Waals surface area contributed by atoms with Crippen LogP contribution in [0, 0.1) is 5.41 Å². The van der Waals surface area contributed by atoms with Gasteiger partial charge in [-0.2, -0.15) is 0 Å². The highest BCUT2D eigenvalue weighted by molar-refractivity contribution is 6.00. The van der Waals surface area contributed by atoms with Gasteiger partial charge in [0.05, 0.1) is 11.0 Å². The summed E-state index contributed by atoms with van der Waals surface area (Å²) in [5.41, 5.74) is -0.112. The number of carbonyl (C=O) groups excluding carboxylic acids is 2. The summed E-state index contributed by atoms with van der Waals surface area (Å²) in [6, 6.07) is 1.19. The average molecular weight is 501 g/mol. The smallest absolute Gasteiger partial charge is 0.167 e. The van der Waals surface area contributed by atoms with Crippen molar-refractivity contribution in [1.29, 1.82) is 0 Å². The number of hydrogen-bond acceptors (Lipinski definition) is 8. The zero-order valence-corrected chi connectivity index (χ0v) is 21.9. The molecule has 8 nitrogen and oxygen atoms in total. The zero-order chi connectivity index (χ0) is 27.5. The molecule has 0 saturated carbocycles. The van der Waals surface area contributed by atoms with E-state index in [9.17, 15) is 35.1 Å². The normalized spacial score (nSPS) is 19.7. The summed E-state index contributed by atoms with van der Waals surface area (Å²) in [7, 11) is 0. The number of phenols is 2. The highest BCUT2D eigenvalue weighted by Crippen LogP contribution is 2.48. The van der Waals surface area contributed by atoms with Gasteiger partial charge in [0.15, 0.2) is 11.6 Å². The number of ether oxygens (including phenoxy) is 1. The molecular weight excluding hydrogens is 464 g/mol. The summed E-state index contributed by atoms with van der Waals surface area (Å²) >= 11 is 0. The van der Waals surface area contributed by atoms with E-state index < -0.39 is 40.3 Å². The number of rotatable bonds is 9. The molecule has 0 fully saturated rings. The van der Waals surface area contributed by atoms with E-state index in [-0.39, 0.29) is 53.2 Å². The van der Waals surface area contributed by atoms with Crippen molar-refractivity contribution in [3.8, 4) is 17.2 Å². The monoisotopic (exact) mass is 500 g/mol. The fourth-order valence-electron chi connectivity index (χ4n) is 4.15. The number of ketones is 2. The highest BCUT2D eigenvalue weighted by Gasteiger charge is 2.45. The molecule has 1 aromatic rings. The molecule has 1 aromatic carbocycles. The van der Waals surface area contributed by atoms with Crippen molar-refractivity contribution in [1.82, 2.24) is 0 Å². The molecule has 1 aliphatic rings. The van der Waals surface area contributed by atoms with E-state index in [4.69, 9.17) is 4.74 Å². The Bertz CT molecular complexity index is 1190. The predicted molar refractivity (Wildman–Crippen MR) is 137 cm³/mol. The second kappa shape index (κ2) is 11.0. The largest absolute Gasteiger partial charge is 0.511 e. The molecule has 0 saturated heterocycles. The quantitative estimate of drug-likeness (QED) is 0.232. The van der Waals surface area contributed by atoms with Crippen molar-refractivity contribution >= 4 is 11.6 Å². The van der Waals surface area contributed by atoms with Gasteiger partial charge in [-0.1, -0.05) is 17.2 Å². The highest BCUT2D eigenvalue weighted by atomic mass is 16.5. The van der Waals surface area contributed by atoms with E-state index in [1.807, 2.05) is 27.7 Å². The molecule has 196 valence electrons. The van der Waals surface area contributed by atoms with E-state index in [0.29, 0.717) is 0 Å². The van der Waals surface area contributed by atoms with Gasteiger partial charge in [0, 0.05) is 23.6 Å². The number of Topliss-reactive ketones (excluding diaryl/α,β-unsaturated/α-hetero) is 2. The Labute approximate surface area is 211 Å². The van der Waals surface area contributed by atoms with Crippen LogP contribution in [0.4, 0.5) is 0 Å². The van der Waals surface area contributed by atoms with Crippen LogP contribution in [-0.2, 0) is 11.2 Å². The number of aliphatic hydroxyl groups excluding tert-OH is 3. The molecular formula is C28H36O8. The number of hydrogen-bond donors (Lipinski definition) is 5. The SMILES string of the molecule is CC(=O)C1=C(O)[C@](C)(CC=C(C)C)C(O)=C(Cc2c(OCC=C(C)C)cc(O)c(C(C)=O)c2O)[C@@H]1O. The van der Waals surface area contributed by atoms with Gasteiger partial charge >= 0.3 is 0 Å². The van der Waals surface area contributed by atoms with E-state index in [2.05, 4.69) is 0 Å². The molecule has 0 amide bonds. The third-order valence-electron chi connectivity index (χ3n) is 6.30. The first-order chi connectivity index (χ1) is 16.6. The van der Waals surface area contributed by atoms with Crippen molar-refractivity contribution in [2.75, 3.05) is 6.61 Å². The number of benzene rings is 1. The summed E-state index contributed by atoms with van der Waals surface area (Å²) in [5, 5.41) is 54.6. The van der Waals surface area contributed by atoms with Crippen LogP contribution in [0.25, 0.3) is 0 Å². The Kier molecular flexibility index (Phi) is 8.80. The minimum Gasteiger partial charge on any atom is -0.511 e. The summed E-state index contributed by atoms with van der Waals surface area (Å²) in [6.07, 6.45) is 1.72. The van der Waals surface area contributed by atoms with E-state index >= 15 is 0 Å². The van der Waals surface area contributed by atoms with Gasteiger partial charge in [-0.25, -0.2) is 0 Å². The fourth-order valence-corrected chi connectivity index (χ4v) is 4.15. The van der Waals surface area contributed by atoms with Crippen LogP contribution in [0.3, 0.4) is 0 Å². The predicted octanol–water partition coefficient (Wildman–Crippen LogP) is 5.14. The van der Waals surface area contributed by atoms with E-state index in [1.165, 1.54) is 19.9 Å². The van der Waals surface area contributed by atoms with Crippen LogP contribution in [-0.4, -0.2) is 49.8 Å². The molecule has 2 rings (SSSR count). The summed E-state index contributed by atoms with van der Waals surface area (Å²) in [4.78, 5) is 24.6. The van der Waals surface area contributed by atoms with Gasteiger partial charge in [0.2, 0.25) is 0 Å². The fraction of sp³-hybridized carbons (Fsp3) is 0.429. The second-order valence-corrected chi connectivity index (χ2v) is 9.83. The molecule has 0 bridgehead atoms. The minimum atomic E-state index is -1.66. The van der Waals surface area contributed by atoms with Crippen LogP contribution >= 0.6 is 0 Å². The molecule has 5 N–H and O–H groups in total. The van der Waals surface area contributed by atoms with Gasteiger partial charge in [0.1, 0.15) is 47.0 Å². The maximum atomic E-state index is 12.4. The lowest BCUT2D eigenvalue weighted by Gasteiger charge is -2.37. The van der Waals surface area contributed by atoms with Crippen LogP contribution < -0.4 is 4.74 Å². The first-order valence-corrected chi connectivity index (χ1v) is 11.7. The molecule has 0 aromatic heterocycles. The third-order valence-corrected chi connectivity index (χ3v) is 6.30. The Balaban J connectivity index is 2.78. The molecule has 0 radical (unpaired) electrons. The topological polar surface area (TPSA) is 145 Å². The number of allylic oxidation sites excluding steroid dienone is 3. The van der Waals surface area contributed by atoms with Gasteiger partial charge in [-0.3, -0.25) is 9.59 Å². The van der Waals surface area contributed by atoms with Gasteiger partial charge in [-0.15, -0.1) is 0 Å². The molecule has 0 spiro atoms. The molecule has 0 aliphatic heterocycles. The van der Waals surface area contributed by atoms with Gasteiger partial charge in [-0.05, 0) is 61.0 Å². The van der Waals surface area contributed by atoms with Gasteiger partial charge in [0.25, 0.3) is 0 Å². The molecule has 0 unspecified atom stereocenters. The number of phenolic OH excluding ortho intramolecular Hbond substituents is 2. The van der Waals surface area contributed by atoms with Crippen LogP contribution in [0.5, 0.6) is 17.2 Å². The Morgan fingerprint density at radius 3 is 2.03 bits per heavy atom. The number of aliphatic hydroxyl groups is 3. The lowest BCUT2D eigenvalue weighted by Crippen LogP contribution is -2.37. The van der Waals surface area contributed by atoms with Crippen molar-refractivity contribution in [2.24, 2.45) is 5.41 Å². The van der Waals surface area contributed by atoms with Crippen molar-refractivity contribution in [3.05, 3.63) is 63.2 Å². The van der Waals surface area contributed by atoms with Crippen molar-refractivity contribution in [3.63, 3.8) is 0 Å². The minimum absolute atomic E-state index is 0.0363. The summed E-state index contributed by atoms with van der Waals surface area (Å²) in [5.74, 6) is -2.96. The van der Waals surface area contributed by atoms with Crippen molar-refractivity contribution in [2.45, 2.75) is 67.4 Å². The van der Waals surface area contributed by atoms with E-state index in [1.54, 1.807) is 19.1 Å². The Hall–Kier alpha value is -3.52. The zero-order valence-electron chi connectivity index (χ0n) is 21.9. The lowest BCUT2D eigenvalue weighted by molar-refractivity contribution is -0.114. The summed E-state index contributed by atoms with van der Waals surface area (Å²) < 4.78 is 5.75. The molecule has 2 atom stereocenters. The third kappa shape index (κ3) is 5.65. The van der Waals surface area contributed by atoms with Crippen LogP contribution in [0.2, 0.25) is 0 Å².